The summed E-state index contributed by atoms with van der Waals surface area (Å²) in [6.07, 6.45) is 0. The molecule has 0 aliphatic heterocycles. The van der Waals surface area contributed by atoms with Gasteiger partial charge in [0.2, 0.25) is 5.91 Å². The van der Waals surface area contributed by atoms with Crippen molar-refractivity contribution in [3.63, 3.8) is 0 Å². The molecule has 1 atom stereocenters. The molecule has 0 aliphatic carbocycles. The van der Waals surface area contributed by atoms with Gasteiger partial charge in [0.05, 0.1) is 30.4 Å². The number of hydrogen-bond acceptors (Lipinski definition) is 5. The number of anilines is 1. The first-order valence-electron chi connectivity index (χ1n) is 6.70. The van der Waals surface area contributed by atoms with Crippen molar-refractivity contribution < 1.29 is 19.1 Å². The van der Waals surface area contributed by atoms with E-state index in [9.17, 15) is 9.59 Å². The van der Waals surface area contributed by atoms with E-state index in [2.05, 4.69) is 5.32 Å². The van der Waals surface area contributed by atoms with Crippen LogP contribution in [0.25, 0.3) is 0 Å². The van der Waals surface area contributed by atoms with Crippen LogP contribution in [0.3, 0.4) is 0 Å². The molecule has 5 nitrogen and oxygen atoms in total. The number of amides is 1. The first-order chi connectivity index (χ1) is 9.97. The van der Waals surface area contributed by atoms with Crippen molar-refractivity contribution in [1.29, 1.82) is 0 Å². The Kier molecular flexibility index (Phi) is 7.08. The lowest BCUT2D eigenvalue weighted by atomic mass is 10.2. The summed E-state index contributed by atoms with van der Waals surface area (Å²) in [4.78, 5) is 23.4. The molecule has 0 fully saturated rings. The Hall–Kier alpha value is -1.69. The normalized spacial score (nSPS) is 11.6. The molecule has 0 bridgehead atoms. The Bertz CT molecular complexity index is 504. The number of nitrogens with one attached hydrogen (secondary N) is 1. The van der Waals surface area contributed by atoms with Crippen LogP contribution in [-0.2, 0) is 14.3 Å². The number of rotatable bonds is 7. The van der Waals surface area contributed by atoms with Gasteiger partial charge < -0.3 is 14.8 Å². The predicted octanol–water partition coefficient (Wildman–Crippen LogP) is 2.63. The summed E-state index contributed by atoms with van der Waals surface area (Å²) in [5, 5.41) is 2.46. The number of esters is 1. The third-order valence-corrected chi connectivity index (χ3v) is 3.86. The molecule has 0 saturated carbocycles. The van der Waals surface area contributed by atoms with Crippen molar-refractivity contribution in [3.8, 4) is 5.75 Å². The molecule has 21 heavy (non-hydrogen) atoms. The van der Waals surface area contributed by atoms with Crippen molar-refractivity contribution in [2.24, 2.45) is 0 Å². The maximum atomic E-state index is 12.1. The highest BCUT2D eigenvalue weighted by molar-refractivity contribution is 8.01. The van der Waals surface area contributed by atoms with Crippen LogP contribution in [0.15, 0.2) is 18.2 Å². The fourth-order valence-electron chi connectivity index (χ4n) is 1.63. The molecule has 116 valence electrons. The molecular formula is C15H21NO4S. The highest BCUT2D eigenvalue weighted by Gasteiger charge is 2.17. The SMILES string of the molecule is CCOC(=O)CS[C@@H](C)C(=O)Nc1cc(C)ccc1OC. The van der Waals surface area contributed by atoms with Crippen molar-refractivity contribution >= 4 is 29.3 Å². The zero-order chi connectivity index (χ0) is 15.8. The second-order valence-corrected chi connectivity index (χ2v) is 5.78. The van der Waals surface area contributed by atoms with Gasteiger partial charge in [0.15, 0.2) is 0 Å². The summed E-state index contributed by atoms with van der Waals surface area (Å²) in [7, 11) is 1.55. The van der Waals surface area contributed by atoms with E-state index in [-0.39, 0.29) is 22.9 Å². The summed E-state index contributed by atoms with van der Waals surface area (Å²) >= 11 is 1.24. The summed E-state index contributed by atoms with van der Waals surface area (Å²) in [6.45, 7) is 5.79. The Morgan fingerprint density at radius 1 is 1.38 bits per heavy atom. The van der Waals surface area contributed by atoms with Crippen molar-refractivity contribution in [3.05, 3.63) is 23.8 Å². The van der Waals surface area contributed by atoms with Gasteiger partial charge in [0.25, 0.3) is 0 Å². The lowest BCUT2D eigenvalue weighted by Crippen LogP contribution is -2.24. The van der Waals surface area contributed by atoms with Gasteiger partial charge in [0, 0.05) is 0 Å². The smallest absolute Gasteiger partial charge is 0.315 e. The number of methoxy groups -OCH3 is 1. The third-order valence-electron chi connectivity index (χ3n) is 2.74. The lowest BCUT2D eigenvalue weighted by molar-refractivity contribution is -0.139. The predicted molar refractivity (Wildman–Crippen MR) is 84.9 cm³/mol. The molecular weight excluding hydrogens is 290 g/mol. The second-order valence-electron chi connectivity index (χ2n) is 4.45. The van der Waals surface area contributed by atoms with Gasteiger partial charge >= 0.3 is 5.97 Å². The maximum absolute atomic E-state index is 12.1. The highest BCUT2D eigenvalue weighted by Crippen LogP contribution is 2.26. The fraction of sp³-hybridized carbons (Fsp3) is 0.467. The monoisotopic (exact) mass is 311 g/mol. The van der Waals surface area contributed by atoms with Crippen molar-refractivity contribution in [1.82, 2.24) is 0 Å². The average Bonchev–Trinajstić information content (AvgIpc) is 2.45. The molecule has 1 N–H and O–H groups in total. The number of aryl methyl sites for hydroxylation is 1. The molecule has 0 unspecified atom stereocenters. The summed E-state index contributed by atoms with van der Waals surface area (Å²) in [5.41, 5.74) is 1.66. The van der Waals surface area contributed by atoms with E-state index in [1.165, 1.54) is 11.8 Å². The first kappa shape index (κ1) is 17.4. The van der Waals surface area contributed by atoms with E-state index < -0.39 is 0 Å². The van der Waals surface area contributed by atoms with E-state index in [1.54, 1.807) is 27.0 Å². The van der Waals surface area contributed by atoms with Crippen LogP contribution in [0.4, 0.5) is 5.69 Å². The van der Waals surface area contributed by atoms with Crippen LogP contribution in [0, 0.1) is 6.92 Å². The Balaban J connectivity index is 2.60. The summed E-state index contributed by atoms with van der Waals surface area (Å²) in [6, 6.07) is 5.56. The Morgan fingerprint density at radius 2 is 2.10 bits per heavy atom. The lowest BCUT2D eigenvalue weighted by Gasteiger charge is -2.14. The van der Waals surface area contributed by atoms with Crippen molar-refractivity contribution in [2.45, 2.75) is 26.0 Å². The first-order valence-corrected chi connectivity index (χ1v) is 7.75. The van der Waals surface area contributed by atoms with Gasteiger partial charge in [-0.1, -0.05) is 6.07 Å². The molecule has 0 heterocycles. The molecule has 1 amide bonds. The zero-order valence-electron chi connectivity index (χ0n) is 12.8. The molecule has 0 radical (unpaired) electrons. The molecule has 6 heteroatoms. The van der Waals surface area contributed by atoms with E-state index in [4.69, 9.17) is 9.47 Å². The molecule has 1 aromatic carbocycles. The summed E-state index contributed by atoms with van der Waals surface area (Å²) < 4.78 is 10.0. The second kappa shape index (κ2) is 8.56. The number of hydrogen-bond donors (Lipinski definition) is 1. The van der Waals surface area contributed by atoms with Gasteiger partial charge in [-0.15, -0.1) is 11.8 Å². The minimum atomic E-state index is -0.361. The number of carbonyl (C=O) groups is 2. The minimum Gasteiger partial charge on any atom is -0.495 e. The standard InChI is InChI=1S/C15H21NO4S/c1-5-20-14(17)9-21-11(3)15(18)16-12-8-10(2)6-7-13(12)19-4/h6-8,11H,5,9H2,1-4H3,(H,16,18)/t11-/m0/s1. The third kappa shape index (κ3) is 5.67. The van der Waals surface area contributed by atoms with Crippen LogP contribution in [0.2, 0.25) is 0 Å². The van der Waals surface area contributed by atoms with Gasteiger partial charge in [-0.3, -0.25) is 9.59 Å². The molecule has 1 aromatic rings. The topological polar surface area (TPSA) is 64.6 Å². The molecule has 0 aliphatic rings. The van der Waals surface area contributed by atoms with E-state index in [0.29, 0.717) is 18.0 Å². The maximum Gasteiger partial charge on any atom is 0.315 e. The van der Waals surface area contributed by atoms with Crippen LogP contribution >= 0.6 is 11.8 Å². The Morgan fingerprint density at radius 3 is 2.71 bits per heavy atom. The number of thioether (sulfide) groups is 1. The molecule has 0 aromatic heterocycles. The average molecular weight is 311 g/mol. The minimum absolute atomic E-state index is 0.160. The molecule has 0 saturated heterocycles. The van der Waals surface area contributed by atoms with Crippen molar-refractivity contribution in [2.75, 3.05) is 24.8 Å². The Labute approximate surface area is 129 Å². The van der Waals surface area contributed by atoms with Crippen LogP contribution in [0.1, 0.15) is 19.4 Å². The van der Waals surface area contributed by atoms with E-state index in [1.807, 2.05) is 19.1 Å². The van der Waals surface area contributed by atoms with E-state index >= 15 is 0 Å². The van der Waals surface area contributed by atoms with E-state index in [0.717, 1.165) is 5.56 Å². The van der Waals surface area contributed by atoms with Crippen LogP contribution in [-0.4, -0.2) is 36.6 Å². The summed E-state index contributed by atoms with van der Waals surface area (Å²) in [5.74, 6) is 0.285. The molecule has 1 rings (SSSR count). The highest BCUT2D eigenvalue weighted by atomic mass is 32.2. The number of benzene rings is 1. The zero-order valence-corrected chi connectivity index (χ0v) is 13.6. The van der Waals surface area contributed by atoms with Gasteiger partial charge in [-0.2, -0.15) is 0 Å². The fourth-order valence-corrected chi connectivity index (χ4v) is 2.30. The van der Waals surface area contributed by atoms with Gasteiger partial charge in [-0.05, 0) is 38.5 Å². The number of carbonyl (C=O) groups excluding carboxylic acids is 2. The quantitative estimate of drug-likeness (QED) is 0.784. The largest absolute Gasteiger partial charge is 0.495 e. The van der Waals surface area contributed by atoms with Crippen LogP contribution < -0.4 is 10.1 Å². The van der Waals surface area contributed by atoms with Gasteiger partial charge in [-0.25, -0.2) is 0 Å². The van der Waals surface area contributed by atoms with Crippen LogP contribution in [0.5, 0.6) is 5.75 Å². The molecule has 0 spiro atoms. The number of ether oxygens (including phenoxy) is 2. The van der Waals surface area contributed by atoms with Gasteiger partial charge in [0.1, 0.15) is 5.75 Å².